The van der Waals surface area contributed by atoms with Crippen LogP contribution in [0.15, 0.2) is 18.2 Å². The van der Waals surface area contributed by atoms with Gasteiger partial charge in [0.2, 0.25) is 0 Å². The van der Waals surface area contributed by atoms with Crippen LogP contribution in [0.5, 0.6) is 0 Å². The van der Waals surface area contributed by atoms with Gasteiger partial charge < -0.3 is 5.32 Å². The lowest BCUT2D eigenvalue weighted by molar-refractivity contribution is 0.511. The molecule has 0 aliphatic heterocycles. The van der Waals surface area contributed by atoms with Gasteiger partial charge in [0.05, 0.1) is 0 Å². The molecule has 0 saturated heterocycles. The molecule has 0 heterocycles. The third-order valence-electron chi connectivity index (χ3n) is 2.11. The molecule has 0 aliphatic carbocycles. The second-order valence-electron chi connectivity index (χ2n) is 3.18. The van der Waals surface area contributed by atoms with Crippen molar-refractivity contribution < 1.29 is 8.78 Å². The van der Waals surface area contributed by atoms with Crippen molar-refractivity contribution in [3.63, 3.8) is 0 Å². The zero-order valence-electron chi connectivity index (χ0n) is 8.56. The van der Waals surface area contributed by atoms with Gasteiger partial charge in [0.15, 0.2) is 0 Å². The van der Waals surface area contributed by atoms with Crippen LogP contribution in [-0.2, 0) is 0 Å². The van der Waals surface area contributed by atoms with Crippen molar-refractivity contribution in [1.29, 1.82) is 0 Å². The van der Waals surface area contributed by atoms with E-state index in [-0.39, 0.29) is 6.04 Å². The maximum absolute atomic E-state index is 13.4. The predicted molar refractivity (Wildman–Crippen MR) is 56.2 cm³/mol. The lowest BCUT2D eigenvalue weighted by Crippen LogP contribution is -2.21. The lowest BCUT2D eigenvalue weighted by atomic mass is 10.0. The minimum absolute atomic E-state index is 0.249. The molecule has 0 fully saturated rings. The summed E-state index contributed by atoms with van der Waals surface area (Å²) in [6.07, 6.45) is 5.58. The second kappa shape index (κ2) is 5.47. The third kappa shape index (κ3) is 3.03. The molecule has 0 radical (unpaired) electrons. The van der Waals surface area contributed by atoms with Gasteiger partial charge >= 0.3 is 0 Å². The van der Waals surface area contributed by atoms with Crippen LogP contribution < -0.4 is 5.32 Å². The standard InChI is InChI=1S/C12H13F2N/c1-3-5-12(15-4-2)10-7-6-9(13)8-11(10)14/h1,6-8,12,15H,4-5H2,2H3. The van der Waals surface area contributed by atoms with Crippen LogP contribution in [0.4, 0.5) is 8.78 Å². The van der Waals surface area contributed by atoms with Crippen molar-refractivity contribution in [1.82, 2.24) is 5.32 Å². The van der Waals surface area contributed by atoms with E-state index in [0.717, 1.165) is 6.07 Å². The molecule has 0 aliphatic rings. The van der Waals surface area contributed by atoms with Gasteiger partial charge in [0.25, 0.3) is 0 Å². The Balaban J connectivity index is 2.95. The fourth-order valence-electron chi connectivity index (χ4n) is 1.44. The highest BCUT2D eigenvalue weighted by Crippen LogP contribution is 2.20. The molecule has 1 rings (SSSR count). The fourth-order valence-corrected chi connectivity index (χ4v) is 1.44. The Morgan fingerprint density at radius 2 is 2.20 bits per heavy atom. The molecule has 0 amide bonds. The van der Waals surface area contributed by atoms with Crippen molar-refractivity contribution in [2.75, 3.05) is 6.54 Å². The molecule has 1 unspecified atom stereocenters. The van der Waals surface area contributed by atoms with Gasteiger partial charge in [0.1, 0.15) is 11.6 Å². The van der Waals surface area contributed by atoms with Crippen molar-refractivity contribution in [2.24, 2.45) is 0 Å². The molecule has 0 saturated carbocycles. The number of rotatable bonds is 4. The van der Waals surface area contributed by atoms with E-state index in [1.807, 2.05) is 6.92 Å². The maximum Gasteiger partial charge on any atom is 0.130 e. The fraction of sp³-hybridized carbons (Fsp3) is 0.333. The topological polar surface area (TPSA) is 12.0 Å². The molecular weight excluding hydrogens is 196 g/mol. The molecule has 1 aromatic rings. The molecule has 15 heavy (non-hydrogen) atoms. The number of hydrogen-bond donors (Lipinski definition) is 1. The van der Waals surface area contributed by atoms with Crippen molar-refractivity contribution in [3.8, 4) is 12.3 Å². The number of nitrogens with one attached hydrogen (secondary N) is 1. The van der Waals surface area contributed by atoms with Crippen LogP contribution in [0.25, 0.3) is 0 Å². The summed E-state index contributed by atoms with van der Waals surface area (Å²) in [6, 6.07) is 3.28. The van der Waals surface area contributed by atoms with E-state index in [1.165, 1.54) is 12.1 Å². The van der Waals surface area contributed by atoms with Gasteiger partial charge in [-0.15, -0.1) is 12.3 Å². The van der Waals surface area contributed by atoms with Crippen LogP contribution in [0.3, 0.4) is 0 Å². The SMILES string of the molecule is C#CCC(NCC)c1ccc(F)cc1F. The van der Waals surface area contributed by atoms with E-state index in [4.69, 9.17) is 6.42 Å². The second-order valence-corrected chi connectivity index (χ2v) is 3.18. The molecule has 1 nitrogen and oxygen atoms in total. The van der Waals surface area contributed by atoms with E-state index in [0.29, 0.717) is 18.5 Å². The Labute approximate surface area is 88.5 Å². The molecular formula is C12H13F2N. The summed E-state index contributed by atoms with van der Waals surface area (Å²) in [5.74, 6) is 1.33. The van der Waals surface area contributed by atoms with E-state index in [2.05, 4.69) is 11.2 Å². The summed E-state index contributed by atoms with van der Waals surface area (Å²) in [5, 5.41) is 3.06. The molecule has 0 spiro atoms. The molecule has 1 N–H and O–H groups in total. The van der Waals surface area contributed by atoms with E-state index >= 15 is 0 Å². The minimum Gasteiger partial charge on any atom is -0.309 e. The van der Waals surface area contributed by atoms with Crippen LogP contribution in [-0.4, -0.2) is 6.54 Å². The smallest absolute Gasteiger partial charge is 0.130 e. The first-order chi connectivity index (χ1) is 7.19. The summed E-state index contributed by atoms with van der Waals surface area (Å²) in [4.78, 5) is 0. The zero-order valence-corrected chi connectivity index (χ0v) is 8.56. The monoisotopic (exact) mass is 209 g/mol. The van der Waals surface area contributed by atoms with E-state index in [1.54, 1.807) is 0 Å². The quantitative estimate of drug-likeness (QED) is 0.752. The Kier molecular flexibility index (Phi) is 4.26. The summed E-state index contributed by atoms with van der Waals surface area (Å²) in [6.45, 7) is 2.59. The number of terminal acetylenes is 1. The first-order valence-corrected chi connectivity index (χ1v) is 4.80. The zero-order chi connectivity index (χ0) is 11.3. The van der Waals surface area contributed by atoms with Gasteiger partial charge in [-0.3, -0.25) is 0 Å². The summed E-state index contributed by atoms with van der Waals surface area (Å²) < 4.78 is 26.1. The van der Waals surface area contributed by atoms with Gasteiger partial charge in [-0.05, 0) is 12.6 Å². The molecule has 1 atom stereocenters. The van der Waals surface area contributed by atoms with Crippen LogP contribution in [0.2, 0.25) is 0 Å². The average molecular weight is 209 g/mol. The Morgan fingerprint density at radius 3 is 2.73 bits per heavy atom. The number of benzene rings is 1. The van der Waals surface area contributed by atoms with E-state index < -0.39 is 11.6 Å². The molecule has 0 aromatic heterocycles. The first-order valence-electron chi connectivity index (χ1n) is 4.80. The predicted octanol–water partition coefficient (Wildman–Crippen LogP) is 2.64. The Bertz CT molecular complexity index is 368. The van der Waals surface area contributed by atoms with Crippen molar-refractivity contribution in [2.45, 2.75) is 19.4 Å². The highest BCUT2D eigenvalue weighted by atomic mass is 19.1. The Morgan fingerprint density at radius 1 is 1.47 bits per heavy atom. The van der Waals surface area contributed by atoms with Gasteiger partial charge in [-0.1, -0.05) is 13.0 Å². The summed E-state index contributed by atoms with van der Waals surface area (Å²) >= 11 is 0. The first kappa shape index (κ1) is 11.7. The largest absolute Gasteiger partial charge is 0.309 e. The average Bonchev–Trinajstić information content (AvgIpc) is 2.17. The summed E-state index contributed by atoms with van der Waals surface area (Å²) in [7, 11) is 0. The maximum atomic E-state index is 13.4. The van der Waals surface area contributed by atoms with Crippen LogP contribution in [0, 0.1) is 24.0 Å². The van der Waals surface area contributed by atoms with Crippen LogP contribution in [0.1, 0.15) is 24.9 Å². The van der Waals surface area contributed by atoms with Gasteiger partial charge in [-0.25, -0.2) is 8.78 Å². The molecule has 0 bridgehead atoms. The third-order valence-corrected chi connectivity index (χ3v) is 2.11. The van der Waals surface area contributed by atoms with Gasteiger partial charge in [0, 0.05) is 24.1 Å². The minimum atomic E-state index is -0.577. The van der Waals surface area contributed by atoms with Crippen molar-refractivity contribution >= 4 is 0 Å². The highest BCUT2D eigenvalue weighted by Gasteiger charge is 2.13. The lowest BCUT2D eigenvalue weighted by Gasteiger charge is -2.16. The molecule has 3 heteroatoms. The number of hydrogen-bond acceptors (Lipinski definition) is 1. The highest BCUT2D eigenvalue weighted by molar-refractivity contribution is 5.23. The molecule has 1 aromatic carbocycles. The van der Waals surface area contributed by atoms with E-state index in [9.17, 15) is 8.78 Å². The summed E-state index contributed by atoms with van der Waals surface area (Å²) in [5.41, 5.74) is 0.413. The van der Waals surface area contributed by atoms with Crippen LogP contribution >= 0.6 is 0 Å². The number of halogens is 2. The molecule has 80 valence electrons. The van der Waals surface area contributed by atoms with Crippen molar-refractivity contribution in [3.05, 3.63) is 35.4 Å². The van der Waals surface area contributed by atoms with Gasteiger partial charge in [-0.2, -0.15) is 0 Å². The Hall–Kier alpha value is -1.40. The normalized spacial score (nSPS) is 12.1.